The van der Waals surface area contributed by atoms with Gasteiger partial charge in [0.2, 0.25) is 0 Å². The zero-order valence-corrected chi connectivity index (χ0v) is 14.1. The molecule has 0 aliphatic rings. The number of anilines is 1. The van der Waals surface area contributed by atoms with Crippen LogP contribution in [-0.2, 0) is 6.61 Å². The van der Waals surface area contributed by atoms with Crippen molar-refractivity contribution in [3.63, 3.8) is 0 Å². The van der Waals surface area contributed by atoms with Crippen LogP contribution in [0.3, 0.4) is 0 Å². The number of carbonyl (C=O) groups excluding carboxylic acids is 1. The molecule has 3 aromatic rings. The summed E-state index contributed by atoms with van der Waals surface area (Å²) in [5.41, 5.74) is 1.79. The molecule has 0 spiro atoms. The largest absolute Gasteiger partial charge is 0.406 e. The van der Waals surface area contributed by atoms with Crippen molar-refractivity contribution in [2.75, 3.05) is 5.32 Å². The van der Waals surface area contributed by atoms with Crippen LogP contribution in [0.1, 0.15) is 21.5 Å². The summed E-state index contributed by atoms with van der Waals surface area (Å²) >= 11 is 0. The number of nitrogens with zero attached hydrogens (tertiary/aromatic N) is 1. The molecule has 1 aromatic heterocycles. The number of aryl methyl sites for hydroxylation is 1. The fraction of sp³-hybridized carbons (Fsp3) is 0.100. The van der Waals surface area contributed by atoms with E-state index in [1.807, 2.05) is 31.2 Å². The third-order valence-electron chi connectivity index (χ3n) is 3.75. The highest BCUT2D eigenvalue weighted by molar-refractivity contribution is 6.03. The molecule has 6 heteroatoms. The summed E-state index contributed by atoms with van der Waals surface area (Å²) in [6, 6.07) is 16.0. The molecule has 0 radical (unpaired) electrons. The summed E-state index contributed by atoms with van der Waals surface area (Å²) in [7, 11) is 0. The van der Waals surface area contributed by atoms with Gasteiger partial charge in [-0.3, -0.25) is 9.59 Å². The van der Waals surface area contributed by atoms with Crippen molar-refractivity contribution in [3.05, 3.63) is 99.7 Å². The molecule has 0 aliphatic carbocycles. The van der Waals surface area contributed by atoms with Crippen LogP contribution in [0.5, 0.6) is 0 Å². The Morgan fingerprint density at radius 3 is 2.46 bits per heavy atom. The maximum absolute atomic E-state index is 12.9. The first-order chi connectivity index (χ1) is 12.5. The average Bonchev–Trinajstić information content (AvgIpc) is 2.64. The van der Waals surface area contributed by atoms with Gasteiger partial charge in [-0.25, -0.2) is 4.39 Å². The second-order valence-electron chi connectivity index (χ2n) is 5.77. The summed E-state index contributed by atoms with van der Waals surface area (Å²) < 4.78 is 14.0. The average molecular weight is 352 g/mol. The van der Waals surface area contributed by atoms with E-state index in [0.29, 0.717) is 5.69 Å². The van der Waals surface area contributed by atoms with Crippen molar-refractivity contribution < 1.29 is 14.0 Å². The van der Waals surface area contributed by atoms with E-state index in [1.54, 1.807) is 6.07 Å². The lowest BCUT2D eigenvalue weighted by molar-refractivity contribution is 0.0863. The topological polar surface area (TPSA) is 60.3 Å². The highest BCUT2D eigenvalue weighted by atomic mass is 19.1. The molecule has 2 aromatic carbocycles. The number of aromatic nitrogens is 1. The Labute approximate surface area is 149 Å². The van der Waals surface area contributed by atoms with E-state index in [2.05, 4.69) is 5.32 Å². The van der Waals surface area contributed by atoms with Gasteiger partial charge in [0, 0.05) is 11.9 Å². The zero-order valence-electron chi connectivity index (χ0n) is 14.1. The van der Waals surface area contributed by atoms with E-state index in [0.717, 1.165) is 15.9 Å². The zero-order chi connectivity index (χ0) is 18.5. The monoisotopic (exact) mass is 352 g/mol. The predicted molar refractivity (Wildman–Crippen MR) is 96.5 cm³/mol. The molecule has 0 aliphatic heterocycles. The number of pyridine rings is 1. The van der Waals surface area contributed by atoms with E-state index in [1.165, 1.54) is 36.5 Å². The maximum Gasteiger partial charge on any atom is 0.295 e. The number of hydrogen-bond acceptors (Lipinski definition) is 3. The number of hydrogen-bond donors (Lipinski definition) is 1. The second kappa shape index (κ2) is 7.65. The Kier molecular flexibility index (Phi) is 5.12. The van der Waals surface area contributed by atoms with Gasteiger partial charge in [-0.1, -0.05) is 29.8 Å². The highest BCUT2D eigenvalue weighted by Gasteiger charge is 2.13. The molecule has 0 bridgehead atoms. The Morgan fingerprint density at radius 2 is 1.77 bits per heavy atom. The molecule has 1 N–H and O–H groups in total. The fourth-order valence-electron chi connectivity index (χ4n) is 2.31. The summed E-state index contributed by atoms with van der Waals surface area (Å²) in [6.45, 7) is 2.18. The minimum Gasteiger partial charge on any atom is -0.406 e. The van der Waals surface area contributed by atoms with Gasteiger partial charge in [0.05, 0.1) is 0 Å². The Morgan fingerprint density at radius 1 is 1.08 bits per heavy atom. The minimum absolute atomic E-state index is 0.0688. The molecule has 0 fully saturated rings. The van der Waals surface area contributed by atoms with Gasteiger partial charge in [0.15, 0.2) is 0 Å². The fourth-order valence-corrected chi connectivity index (χ4v) is 2.31. The van der Waals surface area contributed by atoms with Crippen LogP contribution in [0.15, 0.2) is 71.7 Å². The molecule has 3 rings (SSSR count). The Bertz CT molecular complexity index is 964. The van der Waals surface area contributed by atoms with Crippen molar-refractivity contribution in [3.8, 4) is 0 Å². The Hall–Kier alpha value is -3.41. The van der Waals surface area contributed by atoms with Gasteiger partial charge in [-0.05, 0) is 48.9 Å². The first-order valence-electron chi connectivity index (χ1n) is 8.00. The number of carbonyl (C=O) groups is 1. The quantitative estimate of drug-likeness (QED) is 0.767. The Balaban J connectivity index is 1.73. The molecule has 5 nitrogen and oxygen atoms in total. The van der Waals surface area contributed by atoms with E-state index in [9.17, 15) is 14.0 Å². The van der Waals surface area contributed by atoms with Crippen LogP contribution in [0.4, 0.5) is 10.1 Å². The predicted octanol–water partition coefficient (Wildman–Crippen LogP) is 3.18. The number of halogens is 1. The molecular formula is C20H17FN2O3. The lowest BCUT2D eigenvalue weighted by Gasteiger charge is -2.10. The van der Waals surface area contributed by atoms with E-state index in [4.69, 9.17) is 4.84 Å². The molecular weight excluding hydrogens is 335 g/mol. The third kappa shape index (κ3) is 4.16. The summed E-state index contributed by atoms with van der Waals surface area (Å²) in [6.07, 6.45) is 1.45. The van der Waals surface area contributed by atoms with Crippen LogP contribution in [0.2, 0.25) is 0 Å². The number of rotatable bonds is 5. The van der Waals surface area contributed by atoms with Crippen molar-refractivity contribution in [2.24, 2.45) is 0 Å². The van der Waals surface area contributed by atoms with Crippen LogP contribution < -0.4 is 15.7 Å². The minimum atomic E-state index is -0.588. The summed E-state index contributed by atoms with van der Waals surface area (Å²) in [4.78, 5) is 30.3. The molecule has 26 heavy (non-hydrogen) atoms. The van der Waals surface area contributed by atoms with Crippen molar-refractivity contribution >= 4 is 11.6 Å². The summed E-state index contributed by atoms with van der Waals surface area (Å²) in [5, 5.41) is 2.56. The smallest absolute Gasteiger partial charge is 0.295 e. The molecule has 0 saturated heterocycles. The highest BCUT2D eigenvalue weighted by Crippen LogP contribution is 2.09. The first-order valence-corrected chi connectivity index (χ1v) is 8.00. The van der Waals surface area contributed by atoms with Gasteiger partial charge in [0.25, 0.3) is 11.5 Å². The van der Waals surface area contributed by atoms with Gasteiger partial charge in [-0.15, -0.1) is 0 Å². The molecule has 1 amide bonds. The standard InChI is InChI=1S/C20H17FN2O3/c1-14-4-6-15(7-5-14)13-26-23-12-2-3-18(20(23)25)19(24)22-17-10-8-16(21)9-11-17/h2-12H,13H2,1H3,(H,22,24). The number of nitrogens with one attached hydrogen (secondary N) is 1. The van der Waals surface area contributed by atoms with Gasteiger partial charge >= 0.3 is 0 Å². The molecule has 0 unspecified atom stereocenters. The van der Waals surface area contributed by atoms with Crippen molar-refractivity contribution in [2.45, 2.75) is 13.5 Å². The number of amides is 1. The molecule has 132 valence electrons. The lowest BCUT2D eigenvalue weighted by Crippen LogP contribution is -2.32. The number of benzene rings is 2. The second-order valence-corrected chi connectivity index (χ2v) is 5.77. The summed E-state index contributed by atoms with van der Waals surface area (Å²) in [5.74, 6) is -0.996. The SMILES string of the molecule is Cc1ccc(COn2cccc(C(=O)Nc3ccc(F)cc3)c2=O)cc1. The molecule has 0 atom stereocenters. The van der Waals surface area contributed by atoms with Crippen LogP contribution in [-0.4, -0.2) is 10.6 Å². The molecule has 0 saturated carbocycles. The lowest BCUT2D eigenvalue weighted by atomic mass is 10.2. The first kappa shape index (κ1) is 17.4. The molecule has 1 heterocycles. The maximum atomic E-state index is 12.9. The van der Waals surface area contributed by atoms with E-state index < -0.39 is 17.3 Å². The van der Waals surface area contributed by atoms with E-state index in [-0.39, 0.29) is 12.2 Å². The van der Waals surface area contributed by atoms with Crippen LogP contribution in [0, 0.1) is 12.7 Å². The van der Waals surface area contributed by atoms with Gasteiger partial charge in [-0.2, -0.15) is 4.73 Å². The van der Waals surface area contributed by atoms with Gasteiger partial charge in [0.1, 0.15) is 18.0 Å². The van der Waals surface area contributed by atoms with Crippen molar-refractivity contribution in [1.29, 1.82) is 0 Å². The van der Waals surface area contributed by atoms with Gasteiger partial charge < -0.3 is 10.2 Å². The van der Waals surface area contributed by atoms with Crippen LogP contribution >= 0.6 is 0 Å². The normalized spacial score (nSPS) is 10.4. The van der Waals surface area contributed by atoms with Crippen molar-refractivity contribution in [1.82, 2.24) is 4.73 Å². The van der Waals surface area contributed by atoms with Crippen LogP contribution in [0.25, 0.3) is 0 Å². The van der Waals surface area contributed by atoms with E-state index >= 15 is 0 Å². The third-order valence-corrected chi connectivity index (χ3v) is 3.75.